The number of hydrogen-bond donors (Lipinski definition) is 1. The Morgan fingerprint density at radius 2 is 2.21 bits per heavy atom. The van der Waals surface area contributed by atoms with Gasteiger partial charge in [-0.1, -0.05) is 18.2 Å². The van der Waals surface area contributed by atoms with Crippen LogP contribution in [0.4, 0.5) is 0 Å². The summed E-state index contributed by atoms with van der Waals surface area (Å²) < 4.78 is 1.18. The van der Waals surface area contributed by atoms with Gasteiger partial charge in [-0.3, -0.25) is 0 Å². The van der Waals surface area contributed by atoms with Gasteiger partial charge in [-0.15, -0.1) is 11.3 Å². The fraction of sp³-hybridized carbons (Fsp3) is 0.182. The summed E-state index contributed by atoms with van der Waals surface area (Å²) in [5.74, 6) is 0. The Morgan fingerprint density at radius 3 is 2.93 bits per heavy atom. The monoisotopic (exact) mass is 205 g/mol. The zero-order chi connectivity index (χ0) is 9.97. The molecule has 1 heterocycles. The van der Waals surface area contributed by atoms with E-state index in [4.69, 9.17) is 5.11 Å². The zero-order valence-corrected chi connectivity index (χ0v) is 8.66. The molecular weight excluding hydrogens is 194 g/mol. The average Bonchev–Trinajstić information content (AvgIpc) is 2.57. The normalized spacial score (nSPS) is 13.9. The van der Waals surface area contributed by atoms with E-state index < -0.39 is 6.10 Å². The van der Waals surface area contributed by atoms with E-state index in [1.807, 2.05) is 30.3 Å². The highest BCUT2D eigenvalue weighted by Gasteiger charge is 1.99. The number of fused-ring (bicyclic) bond motifs is 1. The van der Waals surface area contributed by atoms with Gasteiger partial charge >= 0.3 is 0 Å². The first kappa shape index (κ1) is 9.37. The van der Waals surface area contributed by atoms with Gasteiger partial charge in [0.05, 0.1) is 16.3 Å². The Bertz CT molecular complexity index is 426. The minimum Gasteiger partial charge on any atom is -0.389 e. The Hall–Kier alpha value is -1.19. The quantitative estimate of drug-likeness (QED) is 0.817. The lowest BCUT2D eigenvalue weighted by atomic mass is 10.3. The fourth-order valence-corrected chi connectivity index (χ4v) is 2.06. The summed E-state index contributed by atoms with van der Waals surface area (Å²) >= 11 is 1.63. The standard InChI is InChI=1S/C11H11NOS/c1-8(13)6-7-11-12-9-4-2-3-5-10(9)14-11/h2-8,13H,1H3/b7-6-/t8-/m1/s1. The van der Waals surface area contributed by atoms with Crippen molar-refractivity contribution in [3.63, 3.8) is 0 Å². The lowest BCUT2D eigenvalue weighted by Crippen LogP contribution is -1.90. The molecule has 1 atom stereocenters. The number of aliphatic hydroxyl groups is 1. The number of nitrogens with zero attached hydrogens (tertiary/aromatic N) is 1. The van der Waals surface area contributed by atoms with Crippen molar-refractivity contribution in [2.24, 2.45) is 0 Å². The molecule has 2 nitrogen and oxygen atoms in total. The zero-order valence-electron chi connectivity index (χ0n) is 7.84. The third-order valence-corrected chi connectivity index (χ3v) is 2.83. The molecule has 0 aliphatic heterocycles. The first-order valence-corrected chi connectivity index (χ1v) is 5.29. The highest BCUT2D eigenvalue weighted by molar-refractivity contribution is 7.19. The SMILES string of the molecule is C[C@@H](O)/C=C\c1nc2ccccc2s1. The van der Waals surface area contributed by atoms with Crippen molar-refractivity contribution in [1.29, 1.82) is 0 Å². The van der Waals surface area contributed by atoms with Gasteiger partial charge in [0.25, 0.3) is 0 Å². The van der Waals surface area contributed by atoms with Crippen molar-refractivity contribution in [3.05, 3.63) is 35.3 Å². The molecule has 2 rings (SSSR count). The summed E-state index contributed by atoms with van der Waals surface area (Å²) in [6, 6.07) is 8.02. The molecule has 1 aromatic carbocycles. The van der Waals surface area contributed by atoms with Gasteiger partial charge in [-0.25, -0.2) is 4.98 Å². The van der Waals surface area contributed by atoms with Crippen molar-refractivity contribution in [1.82, 2.24) is 4.98 Å². The predicted octanol–water partition coefficient (Wildman–Crippen LogP) is 2.69. The van der Waals surface area contributed by atoms with E-state index in [1.165, 1.54) is 4.70 Å². The topological polar surface area (TPSA) is 33.1 Å². The minimum absolute atomic E-state index is 0.415. The van der Waals surface area contributed by atoms with Crippen LogP contribution in [0.5, 0.6) is 0 Å². The van der Waals surface area contributed by atoms with E-state index in [0.717, 1.165) is 10.5 Å². The molecule has 0 fully saturated rings. The maximum atomic E-state index is 9.08. The fourth-order valence-electron chi connectivity index (χ4n) is 1.18. The molecule has 0 spiro atoms. The molecule has 0 saturated carbocycles. The van der Waals surface area contributed by atoms with E-state index in [0.29, 0.717) is 0 Å². The van der Waals surface area contributed by atoms with Gasteiger partial charge < -0.3 is 5.11 Å². The number of para-hydroxylation sites is 1. The smallest absolute Gasteiger partial charge is 0.117 e. The van der Waals surface area contributed by atoms with Crippen LogP contribution >= 0.6 is 11.3 Å². The second kappa shape index (κ2) is 3.90. The maximum absolute atomic E-state index is 9.08. The van der Waals surface area contributed by atoms with Gasteiger partial charge in [-0.2, -0.15) is 0 Å². The van der Waals surface area contributed by atoms with Crippen LogP contribution in [0.1, 0.15) is 11.9 Å². The molecule has 0 amide bonds. The lowest BCUT2D eigenvalue weighted by molar-refractivity contribution is 0.245. The number of hydrogen-bond acceptors (Lipinski definition) is 3. The second-order valence-electron chi connectivity index (χ2n) is 3.12. The first-order chi connectivity index (χ1) is 6.75. The molecular formula is C11H11NOS. The van der Waals surface area contributed by atoms with Crippen molar-refractivity contribution in [3.8, 4) is 0 Å². The third-order valence-electron chi connectivity index (χ3n) is 1.83. The Balaban J connectivity index is 2.36. The van der Waals surface area contributed by atoms with E-state index in [9.17, 15) is 0 Å². The van der Waals surface area contributed by atoms with E-state index in [1.54, 1.807) is 24.3 Å². The molecule has 0 radical (unpaired) electrons. The van der Waals surface area contributed by atoms with Crippen LogP contribution < -0.4 is 0 Å². The highest BCUT2D eigenvalue weighted by atomic mass is 32.1. The predicted molar refractivity (Wildman–Crippen MR) is 60.3 cm³/mol. The van der Waals surface area contributed by atoms with Crippen molar-refractivity contribution in [2.75, 3.05) is 0 Å². The van der Waals surface area contributed by atoms with Gasteiger partial charge in [0, 0.05) is 0 Å². The van der Waals surface area contributed by atoms with Crippen LogP contribution in [0.3, 0.4) is 0 Å². The highest BCUT2D eigenvalue weighted by Crippen LogP contribution is 2.22. The molecule has 0 aliphatic rings. The largest absolute Gasteiger partial charge is 0.389 e. The van der Waals surface area contributed by atoms with Crippen LogP contribution in [0.2, 0.25) is 0 Å². The number of thiazole rings is 1. The number of benzene rings is 1. The summed E-state index contributed by atoms with van der Waals surface area (Å²) in [4.78, 5) is 4.41. The molecule has 3 heteroatoms. The van der Waals surface area contributed by atoms with Gasteiger partial charge in [0.2, 0.25) is 0 Å². The van der Waals surface area contributed by atoms with E-state index in [2.05, 4.69) is 4.98 Å². The summed E-state index contributed by atoms with van der Waals surface area (Å²) in [6.45, 7) is 1.73. The van der Waals surface area contributed by atoms with E-state index >= 15 is 0 Å². The molecule has 14 heavy (non-hydrogen) atoms. The lowest BCUT2D eigenvalue weighted by Gasteiger charge is -1.89. The Labute approximate surface area is 86.5 Å². The minimum atomic E-state index is -0.415. The third kappa shape index (κ3) is 2.00. The first-order valence-electron chi connectivity index (χ1n) is 4.47. The molecule has 2 aromatic rings. The summed E-state index contributed by atoms with van der Waals surface area (Å²) in [5, 5.41) is 10.0. The maximum Gasteiger partial charge on any atom is 0.117 e. The number of aromatic nitrogens is 1. The number of rotatable bonds is 2. The van der Waals surface area contributed by atoms with Crippen LogP contribution in [-0.4, -0.2) is 16.2 Å². The molecule has 0 unspecified atom stereocenters. The van der Waals surface area contributed by atoms with Crippen molar-refractivity contribution >= 4 is 27.6 Å². The summed E-state index contributed by atoms with van der Waals surface area (Å²) in [5.41, 5.74) is 1.02. The molecule has 0 saturated heterocycles. The molecule has 1 aromatic heterocycles. The van der Waals surface area contributed by atoms with Crippen molar-refractivity contribution in [2.45, 2.75) is 13.0 Å². The van der Waals surface area contributed by atoms with Gasteiger partial charge in [-0.05, 0) is 25.1 Å². The van der Waals surface area contributed by atoms with Gasteiger partial charge in [0.15, 0.2) is 0 Å². The molecule has 1 N–H and O–H groups in total. The number of aliphatic hydroxyl groups excluding tert-OH is 1. The molecule has 0 aliphatic carbocycles. The Kier molecular flexibility index (Phi) is 2.61. The second-order valence-corrected chi connectivity index (χ2v) is 4.18. The summed E-state index contributed by atoms with van der Waals surface area (Å²) in [7, 11) is 0. The van der Waals surface area contributed by atoms with Crippen LogP contribution in [0.15, 0.2) is 30.3 Å². The molecule has 72 valence electrons. The van der Waals surface area contributed by atoms with Crippen LogP contribution in [0, 0.1) is 0 Å². The van der Waals surface area contributed by atoms with Crippen molar-refractivity contribution < 1.29 is 5.11 Å². The van der Waals surface area contributed by atoms with Gasteiger partial charge in [0.1, 0.15) is 5.01 Å². The van der Waals surface area contributed by atoms with E-state index in [-0.39, 0.29) is 0 Å². The molecule has 0 bridgehead atoms. The van der Waals surface area contributed by atoms with Crippen LogP contribution in [0.25, 0.3) is 16.3 Å². The average molecular weight is 205 g/mol. The summed E-state index contributed by atoms with van der Waals surface area (Å²) in [6.07, 6.45) is 3.18. The Morgan fingerprint density at radius 1 is 1.43 bits per heavy atom. The van der Waals surface area contributed by atoms with Crippen LogP contribution in [-0.2, 0) is 0 Å².